The monoisotopic (exact) mass is 387 g/mol. The van der Waals surface area contributed by atoms with Crippen LogP contribution in [-0.2, 0) is 23.3 Å². The molecule has 2 amide bonds. The molecule has 2 aromatic rings. The van der Waals surface area contributed by atoms with Crippen molar-refractivity contribution < 1.29 is 9.59 Å². The molecule has 152 valence electrons. The molecular formula is C20H29N5O3. The summed E-state index contributed by atoms with van der Waals surface area (Å²) in [6, 6.07) is 1.79. The number of carbonyl (C=O) groups excluding carboxylic acids is 2. The maximum atomic E-state index is 13.1. The number of carbonyl (C=O) groups is 2. The van der Waals surface area contributed by atoms with Crippen molar-refractivity contribution in [1.29, 1.82) is 0 Å². The van der Waals surface area contributed by atoms with Crippen LogP contribution in [0, 0.1) is 0 Å². The molecule has 28 heavy (non-hydrogen) atoms. The molecule has 2 aromatic heterocycles. The number of rotatable bonds is 5. The van der Waals surface area contributed by atoms with Gasteiger partial charge in [0.05, 0.1) is 17.8 Å². The summed E-state index contributed by atoms with van der Waals surface area (Å²) >= 11 is 0. The smallest absolute Gasteiger partial charge is 0.280 e. The Hall–Kier alpha value is -2.64. The van der Waals surface area contributed by atoms with Gasteiger partial charge in [-0.15, -0.1) is 0 Å². The van der Waals surface area contributed by atoms with Crippen LogP contribution in [0.5, 0.6) is 0 Å². The lowest BCUT2D eigenvalue weighted by atomic mass is 9.93. The van der Waals surface area contributed by atoms with E-state index < -0.39 is 0 Å². The molecule has 0 spiro atoms. The minimum Gasteiger partial charge on any atom is -0.352 e. The summed E-state index contributed by atoms with van der Waals surface area (Å²) in [5, 5.41) is 7.37. The SMILES string of the molecule is CCCN1Cc2c(n(CC(=O)NC(C)C)c3cc(C(C)(C)C)nn3c2=O)C1=O. The van der Waals surface area contributed by atoms with Gasteiger partial charge in [0, 0.05) is 24.1 Å². The summed E-state index contributed by atoms with van der Waals surface area (Å²) in [6.45, 7) is 12.6. The Morgan fingerprint density at radius 2 is 1.96 bits per heavy atom. The highest BCUT2D eigenvalue weighted by Crippen LogP contribution is 2.26. The minimum atomic E-state index is -0.284. The number of nitrogens with zero attached hydrogens (tertiary/aromatic N) is 4. The number of aromatic nitrogens is 3. The third-order valence-corrected chi connectivity index (χ3v) is 4.83. The Morgan fingerprint density at radius 3 is 2.54 bits per heavy atom. The van der Waals surface area contributed by atoms with Crippen LogP contribution in [0.4, 0.5) is 0 Å². The molecule has 1 aliphatic heterocycles. The van der Waals surface area contributed by atoms with Gasteiger partial charge in [0.2, 0.25) is 5.91 Å². The highest BCUT2D eigenvalue weighted by molar-refractivity contribution is 5.97. The van der Waals surface area contributed by atoms with Crippen LogP contribution in [-0.4, -0.2) is 43.5 Å². The molecule has 3 heterocycles. The lowest BCUT2D eigenvalue weighted by Gasteiger charge is -2.16. The standard InChI is InChI=1S/C20H29N5O3/c1-7-8-23-10-13-17(19(23)28)24(11-15(26)21-12(2)3)16-9-14(20(4,5)6)22-25(16)18(13)27/h9,12H,7-8,10-11H2,1-6H3,(H,21,26). The Bertz CT molecular complexity index is 994. The molecule has 8 heteroatoms. The lowest BCUT2D eigenvalue weighted by Crippen LogP contribution is -2.36. The van der Waals surface area contributed by atoms with E-state index in [0.717, 1.165) is 12.1 Å². The number of hydrogen-bond donors (Lipinski definition) is 1. The fourth-order valence-electron chi connectivity index (χ4n) is 3.51. The molecule has 0 aliphatic carbocycles. The number of amides is 2. The van der Waals surface area contributed by atoms with Gasteiger partial charge in [0.1, 0.15) is 17.9 Å². The maximum Gasteiger partial charge on any atom is 0.280 e. The normalized spacial score (nSPS) is 14.2. The van der Waals surface area contributed by atoms with Crippen LogP contribution in [0.25, 0.3) is 5.65 Å². The summed E-state index contributed by atoms with van der Waals surface area (Å²) in [6.07, 6.45) is 0.799. The van der Waals surface area contributed by atoms with Crippen molar-refractivity contribution in [3.8, 4) is 0 Å². The fourth-order valence-corrected chi connectivity index (χ4v) is 3.51. The second-order valence-electron chi connectivity index (χ2n) is 8.72. The molecule has 0 fully saturated rings. The van der Waals surface area contributed by atoms with Gasteiger partial charge in [0.25, 0.3) is 11.5 Å². The quantitative estimate of drug-likeness (QED) is 0.845. The highest BCUT2D eigenvalue weighted by atomic mass is 16.2. The van der Waals surface area contributed by atoms with Crippen LogP contribution in [0.1, 0.15) is 69.7 Å². The van der Waals surface area contributed by atoms with Crippen molar-refractivity contribution in [2.75, 3.05) is 6.54 Å². The summed E-state index contributed by atoms with van der Waals surface area (Å²) in [7, 11) is 0. The minimum absolute atomic E-state index is 0.0155. The second kappa shape index (κ2) is 7.07. The van der Waals surface area contributed by atoms with E-state index in [1.807, 2.05) is 41.5 Å². The zero-order valence-corrected chi connectivity index (χ0v) is 17.5. The summed E-state index contributed by atoms with van der Waals surface area (Å²) in [5.74, 6) is -0.407. The number of fused-ring (bicyclic) bond motifs is 2. The fraction of sp³-hybridized carbons (Fsp3) is 0.600. The first-order chi connectivity index (χ1) is 13.0. The van der Waals surface area contributed by atoms with Gasteiger partial charge in [-0.05, 0) is 20.3 Å². The molecule has 0 saturated carbocycles. The van der Waals surface area contributed by atoms with E-state index in [-0.39, 0.29) is 41.9 Å². The molecule has 8 nitrogen and oxygen atoms in total. The molecular weight excluding hydrogens is 358 g/mol. The van der Waals surface area contributed by atoms with E-state index in [4.69, 9.17) is 0 Å². The maximum absolute atomic E-state index is 13.1. The molecule has 0 bridgehead atoms. The summed E-state index contributed by atoms with van der Waals surface area (Å²) in [4.78, 5) is 40.3. The number of nitrogens with one attached hydrogen (secondary N) is 1. The van der Waals surface area contributed by atoms with Gasteiger partial charge in [-0.1, -0.05) is 27.7 Å². The first-order valence-electron chi connectivity index (χ1n) is 9.79. The predicted octanol–water partition coefficient (Wildman–Crippen LogP) is 1.68. The van der Waals surface area contributed by atoms with Crippen LogP contribution >= 0.6 is 0 Å². The van der Waals surface area contributed by atoms with E-state index in [2.05, 4.69) is 10.4 Å². The van der Waals surface area contributed by atoms with Gasteiger partial charge in [-0.3, -0.25) is 14.4 Å². The lowest BCUT2D eigenvalue weighted by molar-refractivity contribution is -0.122. The third-order valence-electron chi connectivity index (χ3n) is 4.83. The van der Waals surface area contributed by atoms with Gasteiger partial charge >= 0.3 is 0 Å². The Morgan fingerprint density at radius 1 is 1.29 bits per heavy atom. The average molecular weight is 387 g/mol. The molecule has 0 aromatic carbocycles. The average Bonchev–Trinajstić information content (AvgIpc) is 3.14. The van der Waals surface area contributed by atoms with E-state index >= 15 is 0 Å². The van der Waals surface area contributed by atoms with Crippen molar-refractivity contribution in [2.45, 2.75) is 72.5 Å². The van der Waals surface area contributed by atoms with Crippen molar-refractivity contribution >= 4 is 17.5 Å². The highest BCUT2D eigenvalue weighted by Gasteiger charge is 2.35. The first-order valence-corrected chi connectivity index (χ1v) is 9.79. The van der Waals surface area contributed by atoms with Gasteiger partial charge in [-0.2, -0.15) is 9.61 Å². The molecule has 1 N–H and O–H groups in total. The Balaban J connectivity index is 2.23. The van der Waals surface area contributed by atoms with Crippen molar-refractivity contribution in [3.63, 3.8) is 0 Å². The molecule has 0 atom stereocenters. The van der Waals surface area contributed by atoms with Gasteiger partial charge in [0.15, 0.2) is 0 Å². The van der Waals surface area contributed by atoms with E-state index in [1.54, 1.807) is 15.5 Å². The summed E-state index contributed by atoms with van der Waals surface area (Å²) in [5.41, 5.74) is 1.38. The molecule has 3 rings (SSSR count). The van der Waals surface area contributed by atoms with Crippen LogP contribution in [0.15, 0.2) is 10.9 Å². The molecule has 0 radical (unpaired) electrons. The van der Waals surface area contributed by atoms with Gasteiger partial charge < -0.3 is 14.8 Å². The zero-order chi connectivity index (χ0) is 20.8. The molecule has 1 aliphatic rings. The van der Waals surface area contributed by atoms with Crippen molar-refractivity contribution in [1.82, 2.24) is 24.4 Å². The van der Waals surface area contributed by atoms with E-state index in [0.29, 0.717) is 23.4 Å². The van der Waals surface area contributed by atoms with Crippen LogP contribution in [0.3, 0.4) is 0 Å². The largest absolute Gasteiger partial charge is 0.352 e. The van der Waals surface area contributed by atoms with E-state index in [9.17, 15) is 14.4 Å². The van der Waals surface area contributed by atoms with Crippen LogP contribution < -0.4 is 10.9 Å². The van der Waals surface area contributed by atoms with E-state index in [1.165, 1.54) is 4.52 Å². The van der Waals surface area contributed by atoms with Crippen molar-refractivity contribution in [2.24, 2.45) is 0 Å². The first kappa shape index (κ1) is 20.1. The molecule has 0 unspecified atom stereocenters. The second-order valence-corrected chi connectivity index (χ2v) is 8.72. The third kappa shape index (κ3) is 3.43. The molecule has 0 saturated heterocycles. The Labute approximate surface area is 164 Å². The van der Waals surface area contributed by atoms with Crippen molar-refractivity contribution in [3.05, 3.63) is 33.4 Å². The zero-order valence-electron chi connectivity index (χ0n) is 17.5. The summed E-state index contributed by atoms with van der Waals surface area (Å²) < 4.78 is 2.99. The predicted molar refractivity (Wildman–Crippen MR) is 106 cm³/mol. The Kier molecular flexibility index (Phi) is 5.08. The van der Waals surface area contributed by atoms with Gasteiger partial charge in [-0.25, -0.2) is 0 Å². The topological polar surface area (TPSA) is 88.7 Å². The van der Waals surface area contributed by atoms with Crippen LogP contribution in [0.2, 0.25) is 0 Å². The number of hydrogen-bond acceptors (Lipinski definition) is 4.